The Morgan fingerprint density at radius 1 is 1.30 bits per heavy atom. The molecule has 0 atom stereocenters. The third-order valence-electron chi connectivity index (χ3n) is 4.11. The van der Waals surface area contributed by atoms with Crippen LogP contribution in [0.2, 0.25) is 5.02 Å². The summed E-state index contributed by atoms with van der Waals surface area (Å²) in [6.45, 7) is 7.17. The lowest BCUT2D eigenvalue weighted by Gasteiger charge is -2.08. The molecule has 0 aliphatic carbocycles. The number of aryl methyl sites for hydroxylation is 1. The van der Waals surface area contributed by atoms with Crippen LogP contribution in [0.1, 0.15) is 30.3 Å². The van der Waals surface area contributed by atoms with Crippen LogP contribution in [0.4, 0.5) is 0 Å². The van der Waals surface area contributed by atoms with Gasteiger partial charge in [0.25, 0.3) is 0 Å². The van der Waals surface area contributed by atoms with Gasteiger partial charge in [0.1, 0.15) is 30.6 Å². The fourth-order valence-electron chi connectivity index (χ4n) is 2.76. The molecule has 0 unspecified atom stereocenters. The first-order chi connectivity index (χ1) is 13.0. The Labute approximate surface area is 164 Å². The number of ether oxygens (including phenoxy) is 2. The smallest absolute Gasteiger partial charge is 0.349 e. The van der Waals surface area contributed by atoms with Gasteiger partial charge in [0.15, 0.2) is 0 Å². The molecule has 0 spiro atoms. The van der Waals surface area contributed by atoms with Gasteiger partial charge in [-0.25, -0.2) is 4.79 Å². The van der Waals surface area contributed by atoms with E-state index in [1.54, 1.807) is 30.3 Å². The molecule has 142 valence electrons. The Morgan fingerprint density at radius 3 is 2.70 bits per heavy atom. The van der Waals surface area contributed by atoms with E-state index in [1.807, 2.05) is 26.0 Å². The van der Waals surface area contributed by atoms with Crippen molar-refractivity contribution in [3.8, 4) is 11.8 Å². The van der Waals surface area contributed by atoms with Gasteiger partial charge in [-0.05, 0) is 50.1 Å². The van der Waals surface area contributed by atoms with E-state index in [4.69, 9.17) is 21.1 Å². The molecule has 0 N–H and O–H groups in total. The number of benzene rings is 1. The number of carbonyl (C=O) groups is 1. The van der Waals surface area contributed by atoms with E-state index in [0.717, 1.165) is 29.9 Å². The molecule has 1 aromatic carbocycles. The van der Waals surface area contributed by atoms with Crippen LogP contribution >= 0.6 is 11.6 Å². The molecule has 0 fully saturated rings. The Morgan fingerprint density at radius 2 is 2.04 bits per heavy atom. The summed E-state index contributed by atoms with van der Waals surface area (Å²) >= 11 is 5.99. The van der Waals surface area contributed by atoms with Crippen LogP contribution in [-0.4, -0.2) is 23.8 Å². The van der Waals surface area contributed by atoms with Gasteiger partial charge >= 0.3 is 5.97 Å². The molecular weight excluding hydrogens is 364 g/mol. The van der Waals surface area contributed by atoms with E-state index < -0.39 is 5.97 Å². The van der Waals surface area contributed by atoms with Crippen LogP contribution in [0, 0.1) is 25.2 Å². The fourth-order valence-corrected chi connectivity index (χ4v) is 2.95. The second-order valence-electron chi connectivity index (χ2n) is 6.06. The number of hydrogen-bond acceptors (Lipinski definition) is 4. The van der Waals surface area contributed by atoms with E-state index in [1.165, 1.54) is 0 Å². The van der Waals surface area contributed by atoms with Gasteiger partial charge in [-0.3, -0.25) is 0 Å². The third kappa shape index (κ3) is 5.38. The molecule has 2 rings (SSSR count). The molecule has 1 aromatic heterocycles. The molecular formula is C21H23ClN2O3. The van der Waals surface area contributed by atoms with Crippen molar-refractivity contribution < 1.29 is 14.3 Å². The lowest BCUT2D eigenvalue weighted by atomic mass is 10.1. The molecule has 0 radical (unpaired) electrons. The third-order valence-corrected chi connectivity index (χ3v) is 4.42. The van der Waals surface area contributed by atoms with Crippen molar-refractivity contribution in [2.45, 2.75) is 33.7 Å². The van der Waals surface area contributed by atoms with E-state index >= 15 is 0 Å². The van der Waals surface area contributed by atoms with Crippen molar-refractivity contribution in [3.05, 3.63) is 57.9 Å². The molecule has 0 bridgehead atoms. The van der Waals surface area contributed by atoms with Gasteiger partial charge in [0.05, 0.1) is 5.02 Å². The van der Waals surface area contributed by atoms with E-state index in [9.17, 15) is 10.1 Å². The van der Waals surface area contributed by atoms with Crippen LogP contribution in [0.5, 0.6) is 5.75 Å². The van der Waals surface area contributed by atoms with Gasteiger partial charge in [0, 0.05) is 17.9 Å². The topological polar surface area (TPSA) is 64.2 Å². The number of carbonyl (C=O) groups excluding carboxylic acids is 1. The van der Waals surface area contributed by atoms with Crippen molar-refractivity contribution in [2.24, 2.45) is 0 Å². The average Bonchev–Trinajstić information content (AvgIpc) is 2.92. The molecule has 0 saturated heterocycles. The molecule has 0 aliphatic rings. The molecule has 27 heavy (non-hydrogen) atoms. The minimum atomic E-state index is -0.666. The fraction of sp³-hybridized carbons (Fsp3) is 0.333. The SMILES string of the molecule is CCCn1c(C)cc(/C=C(\C#N)C(=O)OCCOc2ccccc2Cl)c1C. The highest BCUT2D eigenvalue weighted by molar-refractivity contribution is 6.32. The van der Waals surface area contributed by atoms with Crippen LogP contribution < -0.4 is 4.74 Å². The summed E-state index contributed by atoms with van der Waals surface area (Å²) in [5.74, 6) is -0.143. The van der Waals surface area contributed by atoms with Crippen molar-refractivity contribution in [3.63, 3.8) is 0 Å². The summed E-state index contributed by atoms with van der Waals surface area (Å²) in [6, 6.07) is 10.9. The van der Waals surface area contributed by atoms with Crippen molar-refractivity contribution in [2.75, 3.05) is 13.2 Å². The highest BCUT2D eigenvalue weighted by atomic mass is 35.5. The molecule has 6 heteroatoms. The van der Waals surface area contributed by atoms with Gasteiger partial charge in [0.2, 0.25) is 0 Å². The lowest BCUT2D eigenvalue weighted by Crippen LogP contribution is -2.13. The van der Waals surface area contributed by atoms with Gasteiger partial charge in [-0.2, -0.15) is 5.26 Å². The maximum atomic E-state index is 12.2. The van der Waals surface area contributed by atoms with Crippen LogP contribution in [-0.2, 0) is 16.1 Å². The van der Waals surface area contributed by atoms with Crippen molar-refractivity contribution >= 4 is 23.6 Å². The highest BCUT2D eigenvalue weighted by Crippen LogP contribution is 2.23. The Bertz CT molecular complexity index is 878. The molecule has 0 aliphatic heterocycles. The summed E-state index contributed by atoms with van der Waals surface area (Å²) < 4.78 is 12.8. The van der Waals surface area contributed by atoms with Gasteiger partial charge < -0.3 is 14.0 Å². The molecule has 0 saturated carbocycles. The first-order valence-corrected chi connectivity index (χ1v) is 9.18. The van der Waals surface area contributed by atoms with Gasteiger partial charge in [-0.1, -0.05) is 30.7 Å². The molecule has 0 amide bonds. The summed E-state index contributed by atoms with van der Waals surface area (Å²) in [7, 11) is 0. The Balaban J connectivity index is 1.98. The van der Waals surface area contributed by atoms with Crippen molar-refractivity contribution in [1.29, 1.82) is 5.26 Å². The maximum Gasteiger partial charge on any atom is 0.349 e. The normalized spacial score (nSPS) is 11.1. The van der Waals surface area contributed by atoms with Crippen LogP contribution in [0.15, 0.2) is 35.9 Å². The summed E-state index contributed by atoms with van der Waals surface area (Å²) in [5, 5.41) is 9.81. The first kappa shape index (κ1) is 20.6. The first-order valence-electron chi connectivity index (χ1n) is 8.80. The standard InChI is InChI=1S/C21H23ClN2O3/c1-4-9-24-15(2)12-17(16(24)3)13-18(14-23)21(25)27-11-10-26-20-8-6-5-7-19(20)22/h5-8,12-13H,4,9-11H2,1-3H3/b18-13+. The summed E-state index contributed by atoms with van der Waals surface area (Å²) in [5.41, 5.74) is 2.93. The number of rotatable bonds is 8. The second-order valence-corrected chi connectivity index (χ2v) is 6.47. The Hall–Kier alpha value is -2.71. The minimum Gasteiger partial charge on any atom is -0.488 e. The predicted octanol–water partition coefficient (Wildman–Crippen LogP) is 4.70. The zero-order chi connectivity index (χ0) is 19.8. The quantitative estimate of drug-likeness (QED) is 0.285. The maximum absolute atomic E-state index is 12.2. The summed E-state index contributed by atoms with van der Waals surface area (Å²) in [6.07, 6.45) is 2.59. The number of nitrogens with zero attached hydrogens (tertiary/aromatic N) is 2. The zero-order valence-corrected chi connectivity index (χ0v) is 16.5. The molecule has 5 nitrogen and oxygen atoms in total. The second kappa shape index (κ2) is 9.84. The largest absolute Gasteiger partial charge is 0.488 e. The van der Waals surface area contributed by atoms with E-state index in [2.05, 4.69) is 11.5 Å². The zero-order valence-electron chi connectivity index (χ0n) is 15.8. The summed E-state index contributed by atoms with van der Waals surface area (Å²) in [4.78, 5) is 12.2. The number of para-hydroxylation sites is 1. The molecule has 2 aromatic rings. The molecule has 1 heterocycles. The number of halogens is 1. The monoisotopic (exact) mass is 386 g/mol. The Kier molecular flexibility index (Phi) is 7.51. The average molecular weight is 387 g/mol. The van der Waals surface area contributed by atoms with E-state index in [-0.39, 0.29) is 18.8 Å². The van der Waals surface area contributed by atoms with Crippen LogP contribution in [0.3, 0.4) is 0 Å². The van der Waals surface area contributed by atoms with E-state index in [0.29, 0.717) is 10.8 Å². The number of nitriles is 1. The predicted molar refractivity (Wildman–Crippen MR) is 106 cm³/mol. The number of esters is 1. The number of aromatic nitrogens is 1. The van der Waals surface area contributed by atoms with Gasteiger partial charge in [-0.15, -0.1) is 0 Å². The van der Waals surface area contributed by atoms with Crippen LogP contribution in [0.25, 0.3) is 6.08 Å². The van der Waals surface area contributed by atoms with Crippen molar-refractivity contribution in [1.82, 2.24) is 4.57 Å². The highest BCUT2D eigenvalue weighted by Gasteiger charge is 2.14. The number of hydrogen-bond donors (Lipinski definition) is 0. The lowest BCUT2D eigenvalue weighted by molar-refractivity contribution is -0.139. The minimum absolute atomic E-state index is 0.0257.